The molecule has 0 bridgehead atoms. The lowest BCUT2D eigenvalue weighted by molar-refractivity contribution is -0.140. The Hall–Kier alpha value is -1.30. The van der Waals surface area contributed by atoms with E-state index in [1.54, 1.807) is 0 Å². The molecule has 0 unspecified atom stereocenters. The maximum atomic E-state index is 12.3. The maximum absolute atomic E-state index is 12.3. The molecule has 0 spiro atoms. The Morgan fingerprint density at radius 2 is 1.86 bits per heavy atom. The molecule has 0 aromatic heterocycles. The van der Waals surface area contributed by atoms with E-state index >= 15 is 0 Å². The molecule has 0 saturated heterocycles. The van der Waals surface area contributed by atoms with Crippen molar-refractivity contribution in [3.63, 3.8) is 0 Å². The van der Waals surface area contributed by atoms with Gasteiger partial charge in [0.25, 0.3) is 0 Å². The van der Waals surface area contributed by atoms with Crippen molar-refractivity contribution < 1.29 is 18.0 Å². The molecule has 80 valence electrons. The molecule has 0 aromatic rings. The van der Waals surface area contributed by atoms with Crippen LogP contribution in [-0.2, 0) is 4.79 Å². The van der Waals surface area contributed by atoms with Crippen molar-refractivity contribution >= 4 is 5.91 Å². The van der Waals surface area contributed by atoms with E-state index in [1.165, 1.54) is 6.92 Å². The monoisotopic (exact) mass is 208 g/mol. The second kappa shape index (κ2) is 4.28. The third-order valence-electron chi connectivity index (χ3n) is 1.27. The van der Waals surface area contributed by atoms with Crippen LogP contribution < -0.4 is 5.84 Å². The van der Waals surface area contributed by atoms with Crippen LogP contribution in [-0.4, -0.2) is 17.1 Å². The second-order valence-corrected chi connectivity index (χ2v) is 2.76. The van der Waals surface area contributed by atoms with Gasteiger partial charge in [-0.15, -0.1) is 0 Å². The molecule has 0 fully saturated rings. The largest absolute Gasteiger partial charge is 0.432 e. The van der Waals surface area contributed by atoms with E-state index in [9.17, 15) is 18.0 Å². The van der Waals surface area contributed by atoms with Crippen LogP contribution in [0.5, 0.6) is 0 Å². The van der Waals surface area contributed by atoms with Crippen molar-refractivity contribution in [2.24, 2.45) is 5.84 Å². The average Bonchev–Trinajstić information content (AvgIpc) is 1.96. The molecule has 0 saturated carbocycles. The molecule has 0 aliphatic rings. The number of halogens is 3. The van der Waals surface area contributed by atoms with Crippen LogP contribution in [0.4, 0.5) is 13.2 Å². The first-order valence-corrected chi connectivity index (χ1v) is 3.66. The standard InChI is InChI=1S/C8H11F3N2O/c1-5(2)4-7(8(9,10)11)13(12)6(3)14/h4H,1,12H2,2-3H3/b7-4-. The Labute approximate surface area is 79.6 Å². The molecule has 6 heteroatoms. The lowest BCUT2D eigenvalue weighted by atomic mass is 10.2. The van der Waals surface area contributed by atoms with Crippen LogP contribution in [0.1, 0.15) is 13.8 Å². The molecule has 1 amide bonds. The number of nitrogens with zero attached hydrogens (tertiary/aromatic N) is 1. The van der Waals surface area contributed by atoms with Gasteiger partial charge >= 0.3 is 6.18 Å². The van der Waals surface area contributed by atoms with Crippen LogP contribution in [0.15, 0.2) is 23.9 Å². The Morgan fingerprint density at radius 3 is 2.07 bits per heavy atom. The quantitative estimate of drug-likeness (QED) is 0.325. The first kappa shape index (κ1) is 12.7. The lowest BCUT2D eigenvalue weighted by Gasteiger charge is -2.20. The van der Waals surface area contributed by atoms with E-state index in [2.05, 4.69) is 6.58 Å². The van der Waals surface area contributed by atoms with Crippen LogP contribution in [0, 0.1) is 0 Å². The van der Waals surface area contributed by atoms with Crippen molar-refractivity contribution in [3.8, 4) is 0 Å². The molecule has 3 nitrogen and oxygen atoms in total. The van der Waals surface area contributed by atoms with E-state index < -0.39 is 17.8 Å². The van der Waals surface area contributed by atoms with Crippen molar-refractivity contribution in [2.75, 3.05) is 0 Å². The van der Waals surface area contributed by atoms with Crippen molar-refractivity contribution in [3.05, 3.63) is 23.9 Å². The van der Waals surface area contributed by atoms with Gasteiger partial charge in [0.2, 0.25) is 5.91 Å². The Morgan fingerprint density at radius 1 is 1.43 bits per heavy atom. The molecule has 0 radical (unpaired) electrons. The summed E-state index contributed by atoms with van der Waals surface area (Å²) in [5.74, 6) is 4.06. The first-order valence-electron chi connectivity index (χ1n) is 3.66. The van der Waals surface area contributed by atoms with E-state index in [-0.39, 0.29) is 10.6 Å². The molecule has 0 aliphatic carbocycles. The predicted octanol–water partition coefficient (Wildman–Crippen LogP) is 1.73. The highest BCUT2D eigenvalue weighted by molar-refractivity contribution is 5.74. The van der Waals surface area contributed by atoms with Crippen LogP contribution in [0.2, 0.25) is 0 Å². The highest BCUT2D eigenvalue weighted by atomic mass is 19.4. The van der Waals surface area contributed by atoms with Gasteiger partial charge in [-0.2, -0.15) is 13.2 Å². The van der Waals surface area contributed by atoms with Gasteiger partial charge in [0, 0.05) is 6.92 Å². The number of carbonyl (C=O) groups excluding carboxylic acids is 1. The highest BCUT2D eigenvalue weighted by Crippen LogP contribution is 2.27. The molecule has 0 aliphatic heterocycles. The van der Waals surface area contributed by atoms with Gasteiger partial charge in [-0.25, -0.2) is 10.9 Å². The zero-order valence-corrected chi connectivity index (χ0v) is 7.85. The van der Waals surface area contributed by atoms with Gasteiger partial charge in [-0.1, -0.05) is 12.2 Å². The molecule has 2 N–H and O–H groups in total. The fourth-order valence-electron chi connectivity index (χ4n) is 0.691. The number of rotatable bonds is 2. The van der Waals surface area contributed by atoms with E-state index in [4.69, 9.17) is 5.84 Å². The molecule has 0 heterocycles. The number of hydrogen-bond acceptors (Lipinski definition) is 2. The third-order valence-corrected chi connectivity index (χ3v) is 1.27. The van der Waals surface area contributed by atoms with Gasteiger partial charge < -0.3 is 0 Å². The van der Waals surface area contributed by atoms with Gasteiger partial charge in [0.15, 0.2) is 0 Å². The van der Waals surface area contributed by atoms with E-state index in [1.807, 2.05) is 0 Å². The van der Waals surface area contributed by atoms with Crippen molar-refractivity contribution in [1.29, 1.82) is 0 Å². The van der Waals surface area contributed by atoms with Crippen molar-refractivity contribution in [2.45, 2.75) is 20.0 Å². The SMILES string of the molecule is C=C(C)/C=C(\N(N)C(C)=O)C(F)(F)F. The number of hydrazine groups is 1. The topological polar surface area (TPSA) is 46.3 Å². The van der Waals surface area contributed by atoms with Gasteiger partial charge in [-0.05, 0) is 13.0 Å². The Bertz CT molecular complexity index is 281. The molecular weight excluding hydrogens is 197 g/mol. The van der Waals surface area contributed by atoms with Gasteiger partial charge in [0.05, 0.1) is 0 Å². The Kier molecular flexibility index (Phi) is 3.88. The summed E-state index contributed by atoms with van der Waals surface area (Å²) in [4.78, 5) is 10.6. The smallest absolute Gasteiger partial charge is 0.273 e. The summed E-state index contributed by atoms with van der Waals surface area (Å²) in [6, 6.07) is 0. The number of alkyl halides is 3. The zero-order valence-electron chi connectivity index (χ0n) is 7.85. The van der Waals surface area contributed by atoms with Crippen LogP contribution in [0.3, 0.4) is 0 Å². The number of carbonyl (C=O) groups is 1. The summed E-state index contributed by atoms with van der Waals surface area (Å²) < 4.78 is 36.9. The van der Waals surface area contributed by atoms with E-state index in [0.717, 1.165) is 6.92 Å². The van der Waals surface area contributed by atoms with Crippen LogP contribution >= 0.6 is 0 Å². The molecule has 0 atom stereocenters. The first-order chi connectivity index (χ1) is 6.16. The minimum Gasteiger partial charge on any atom is -0.273 e. The van der Waals surface area contributed by atoms with Gasteiger partial charge in [0.1, 0.15) is 5.70 Å². The number of nitrogens with two attached hydrogens (primary N) is 1. The number of amides is 1. The summed E-state index contributed by atoms with van der Waals surface area (Å²) in [5, 5.41) is 0.0503. The fraction of sp³-hybridized carbons (Fsp3) is 0.375. The normalized spacial score (nSPS) is 12.6. The minimum atomic E-state index is -4.67. The maximum Gasteiger partial charge on any atom is 0.432 e. The molecular formula is C8H11F3N2O. The number of allylic oxidation sites excluding steroid dienone is 3. The summed E-state index contributed by atoms with van der Waals surface area (Å²) >= 11 is 0. The summed E-state index contributed by atoms with van der Waals surface area (Å²) in [5.41, 5.74) is -1.06. The average molecular weight is 208 g/mol. The summed E-state index contributed by atoms with van der Waals surface area (Å²) in [6.07, 6.45) is -3.96. The predicted molar refractivity (Wildman–Crippen MR) is 45.7 cm³/mol. The molecule has 0 rings (SSSR count). The summed E-state index contributed by atoms with van der Waals surface area (Å²) in [7, 11) is 0. The second-order valence-electron chi connectivity index (χ2n) is 2.76. The minimum absolute atomic E-state index is 0.0503. The Balaban J connectivity index is 5.13. The lowest BCUT2D eigenvalue weighted by Crippen LogP contribution is -2.40. The molecule has 0 aromatic carbocycles. The van der Waals surface area contributed by atoms with E-state index in [0.29, 0.717) is 6.08 Å². The number of hydrogen-bond donors (Lipinski definition) is 1. The van der Waals surface area contributed by atoms with Gasteiger partial charge in [-0.3, -0.25) is 4.79 Å². The zero-order chi connectivity index (χ0) is 11.5. The fourth-order valence-corrected chi connectivity index (χ4v) is 0.691. The third kappa shape index (κ3) is 3.61. The molecule has 14 heavy (non-hydrogen) atoms. The summed E-state index contributed by atoms with van der Waals surface area (Å²) in [6.45, 7) is 5.60. The highest BCUT2D eigenvalue weighted by Gasteiger charge is 2.38. The van der Waals surface area contributed by atoms with Crippen molar-refractivity contribution in [1.82, 2.24) is 5.01 Å². The van der Waals surface area contributed by atoms with Crippen LogP contribution in [0.25, 0.3) is 0 Å².